The average Bonchev–Trinajstić information content (AvgIpc) is 3.12. The molecule has 0 heterocycles. The Morgan fingerprint density at radius 2 is 1.89 bits per heavy atom. The van der Waals surface area contributed by atoms with E-state index in [2.05, 4.69) is 43.2 Å². The molecule has 1 aromatic rings. The van der Waals surface area contributed by atoms with Gasteiger partial charge in [0.05, 0.1) is 12.8 Å². The van der Waals surface area contributed by atoms with Crippen molar-refractivity contribution >= 4 is 5.69 Å². The molecule has 106 valence electrons. The van der Waals surface area contributed by atoms with Crippen molar-refractivity contribution in [1.29, 1.82) is 0 Å². The Labute approximate surface area is 116 Å². The highest BCUT2D eigenvalue weighted by Gasteiger charge is 2.42. The Hall–Kier alpha value is -1.22. The maximum absolute atomic E-state index is 5.54. The molecule has 0 amide bonds. The standard InChI is InChI=1S/C16H26N2O/c1-12-8-14(15(19-5)9-13(12)2)18(4)11-16(6-7-16)10-17-3/h8-9,17H,6-7,10-11H2,1-5H3. The lowest BCUT2D eigenvalue weighted by atomic mass is 10.0. The van der Waals surface area contributed by atoms with Crippen LogP contribution in [0.25, 0.3) is 0 Å². The lowest BCUT2D eigenvalue weighted by Gasteiger charge is -2.27. The van der Waals surface area contributed by atoms with Gasteiger partial charge < -0.3 is 15.0 Å². The molecular weight excluding hydrogens is 236 g/mol. The smallest absolute Gasteiger partial charge is 0.142 e. The minimum absolute atomic E-state index is 0.466. The van der Waals surface area contributed by atoms with Crippen LogP contribution in [-0.4, -0.2) is 34.3 Å². The molecule has 0 radical (unpaired) electrons. The van der Waals surface area contributed by atoms with Crippen LogP contribution in [0.3, 0.4) is 0 Å². The zero-order chi connectivity index (χ0) is 14.0. The zero-order valence-electron chi connectivity index (χ0n) is 12.8. The lowest BCUT2D eigenvalue weighted by molar-refractivity contribution is 0.411. The van der Waals surface area contributed by atoms with Crippen LogP contribution in [-0.2, 0) is 0 Å². The van der Waals surface area contributed by atoms with E-state index in [0.29, 0.717) is 5.41 Å². The maximum Gasteiger partial charge on any atom is 0.142 e. The number of hydrogen-bond acceptors (Lipinski definition) is 3. The van der Waals surface area contributed by atoms with E-state index >= 15 is 0 Å². The highest BCUT2D eigenvalue weighted by molar-refractivity contribution is 5.61. The first-order valence-corrected chi connectivity index (χ1v) is 7.02. The van der Waals surface area contributed by atoms with Crippen molar-refractivity contribution in [2.75, 3.05) is 39.2 Å². The van der Waals surface area contributed by atoms with Gasteiger partial charge in [-0.1, -0.05) is 0 Å². The number of ether oxygens (including phenoxy) is 1. The lowest BCUT2D eigenvalue weighted by Crippen LogP contribution is -2.33. The van der Waals surface area contributed by atoms with Crippen LogP contribution in [0, 0.1) is 19.3 Å². The number of methoxy groups -OCH3 is 1. The number of rotatable bonds is 6. The van der Waals surface area contributed by atoms with Crippen LogP contribution in [0.1, 0.15) is 24.0 Å². The fourth-order valence-electron chi connectivity index (χ4n) is 2.77. The molecule has 0 unspecified atom stereocenters. The van der Waals surface area contributed by atoms with E-state index in [-0.39, 0.29) is 0 Å². The molecule has 1 aromatic carbocycles. The number of benzene rings is 1. The van der Waals surface area contributed by atoms with Gasteiger partial charge in [-0.05, 0) is 57.0 Å². The topological polar surface area (TPSA) is 24.5 Å². The first-order chi connectivity index (χ1) is 9.01. The van der Waals surface area contributed by atoms with Crippen LogP contribution in [0.5, 0.6) is 5.75 Å². The Morgan fingerprint density at radius 3 is 2.42 bits per heavy atom. The summed E-state index contributed by atoms with van der Waals surface area (Å²) >= 11 is 0. The van der Waals surface area contributed by atoms with Gasteiger partial charge in [0, 0.05) is 25.6 Å². The van der Waals surface area contributed by atoms with Crippen LogP contribution < -0.4 is 15.0 Å². The number of aryl methyl sites for hydroxylation is 2. The van der Waals surface area contributed by atoms with Crippen molar-refractivity contribution in [1.82, 2.24) is 5.32 Å². The van der Waals surface area contributed by atoms with Crippen molar-refractivity contribution in [3.63, 3.8) is 0 Å². The molecule has 3 nitrogen and oxygen atoms in total. The van der Waals surface area contributed by atoms with Crippen molar-refractivity contribution in [2.24, 2.45) is 5.41 Å². The summed E-state index contributed by atoms with van der Waals surface area (Å²) in [7, 11) is 5.96. The molecule has 0 saturated heterocycles. The van der Waals surface area contributed by atoms with Crippen molar-refractivity contribution in [3.8, 4) is 5.75 Å². The largest absolute Gasteiger partial charge is 0.495 e. The van der Waals surface area contributed by atoms with E-state index in [1.54, 1.807) is 7.11 Å². The molecule has 0 aromatic heterocycles. The maximum atomic E-state index is 5.54. The molecule has 1 aliphatic rings. The highest BCUT2D eigenvalue weighted by Crippen LogP contribution is 2.46. The van der Waals surface area contributed by atoms with Crippen molar-refractivity contribution < 1.29 is 4.74 Å². The number of nitrogens with one attached hydrogen (secondary N) is 1. The van der Waals surface area contributed by atoms with Crippen LogP contribution in [0.2, 0.25) is 0 Å². The molecule has 19 heavy (non-hydrogen) atoms. The summed E-state index contributed by atoms with van der Waals surface area (Å²) < 4.78 is 5.54. The van der Waals surface area contributed by atoms with Crippen LogP contribution in [0.4, 0.5) is 5.69 Å². The number of nitrogens with zero attached hydrogens (tertiary/aromatic N) is 1. The van der Waals surface area contributed by atoms with E-state index in [1.807, 2.05) is 7.05 Å². The quantitative estimate of drug-likeness (QED) is 0.853. The van der Waals surface area contributed by atoms with Crippen molar-refractivity contribution in [3.05, 3.63) is 23.3 Å². The van der Waals surface area contributed by atoms with Gasteiger partial charge in [0.15, 0.2) is 0 Å². The molecular formula is C16H26N2O. The Balaban J connectivity index is 2.19. The highest BCUT2D eigenvalue weighted by atomic mass is 16.5. The average molecular weight is 262 g/mol. The van der Waals surface area contributed by atoms with Gasteiger partial charge in [0.1, 0.15) is 5.75 Å². The fraction of sp³-hybridized carbons (Fsp3) is 0.625. The zero-order valence-corrected chi connectivity index (χ0v) is 12.8. The predicted octanol–water partition coefficient (Wildman–Crippen LogP) is 2.75. The predicted molar refractivity (Wildman–Crippen MR) is 81.3 cm³/mol. The summed E-state index contributed by atoms with van der Waals surface area (Å²) in [6.07, 6.45) is 2.65. The summed E-state index contributed by atoms with van der Waals surface area (Å²) in [6.45, 7) is 6.48. The van der Waals surface area contributed by atoms with Gasteiger partial charge in [0.2, 0.25) is 0 Å². The third-order valence-corrected chi connectivity index (χ3v) is 4.29. The van der Waals surface area contributed by atoms with E-state index < -0.39 is 0 Å². The molecule has 2 rings (SSSR count). The third-order valence-electron chi connectivity index (χ3n) is 4.29. The molecule has 0 spiro atoms. The van der Waals surface area contributed by atoms with Gasteiger partial charge in [0.25, 0.3) is 0 Å². The third kappa shape index (κ3) is 3.03. The SMILES string of the molecule is CNCC1(CN(C)c2cc(C)c(C)cc2OC)CC1. The summed E-state index contributed by atoms with van der Waals surface area (Å²) in [5, 5.41) is 3.32. The van der Waals surface area contributed by atoms with E-state index in [0.717, 1.165) is 18.8 Å². The van der Waals surface area contributed by atoms with Gasteiger partial charge in [-0.2, -0.15) is 0 Å². The molecule has 1 aliphatic carbocycles. The van der Waals surface area contributed by atoms with Crippen molar-refractivity contribution in [2.45, 2.75) is 26.7 Å². The normalized spacial score (nSPS) is 16.3. The minimum atomic E-state index is 0.466. The minimum Gasteiger partial charge on any atom is -0.495 e. The number of anilines is 1. The Morgan fingerprint density at radius 1 is 1.26 bits per heavy atom. The molecule has 0 atom stereocenters. The molecule has 3 heteroatoms. The summed E-state index contributed by atoms with van der Waals surface area (Å²) in [4.78, 5) is 2.34. The second-order valence-corrected chi connectivity index (χ2v) is 5.99. The summed E-state index contributed by atoms with van der Waals surface area (Å²) in [6, 6.07) is 4.38. The van der Waals surface area contributed by atoms with E-state index in [9.17, 15) is 0 Å². The molecule has 1 saturated carbocycles. The molecule has 0 aliphatic heterocycles. The Bertz CT molecular complexity index is 452. The second-order valence-electron chi connectivity index (χ2n) is 5.99. The van der Waals surface area contributed by atoms with Gasteiger partial charge in [-0.25, -0.2) is 0 Å². The first-order valence-electron chi connectivity index (χ1n) is 7.02. The van der Waals surface area contributed by atoms with E-state index in [4.69, 9.17) is 4.74 Å². The molecule has 1 fully saturated rings. The second kappa shape index (κ2) is 5.41. The first kappa shape index (κ1) is 14.2. The van der Waals surface area contributed by atoms with Gasteiger partial charge >= 0.3 is 0 Å². The number of hydrogen-bond donors (Lipinski definition) is 1. The van der Waals surface area contributed by atoms with E-state index in [1.165, 1.54) is 29.7 Å². The fourth-order valence-corrected chi connectivity index (χ4v) is 2.77. The summed E-state index contributed by atoms with van der Waals surface area (Å²) in [5.74, 6) is 0.978. The molecule has 0 bridgehead atoms. The van der Waals surface area contributed by atoms with Gasteiger partial charge in [-0.3, -0.25) is 0 Å². The molecule has 1 N–H and O–H groups in total. The van der Waals surface area contributed by atoms with Gasteiger partial charge in [-0.15, -0.1) is 0 Å². The monoisotopic (exact) mass is 262 g/mol. The van der Waals surface area contributed by atoms with Crippen LogP contribution >= 0.6 is 0 Å². The van der Waals surface area contributed by atoms with Crippen LogP contribution in [0.15, 0.2) is 12.1 Å². The Kier molecular flexibility index (Phi) is 4.04. The summed E-state index contributed by atoms with van der Waals surface area (Å²) in [5.41, 5.74) is 4.27.